The number of hydrogen-bond acceptors (Lipinski definition) is 2. The van der Waals surface area contributed by atoms with Gasteiger partial charge in [-0.3, -0.25) is 0 Å². The monoisotopic (exact) mass is 191 g/mol. The second-order valence-electron chi connectivity index (χ2n) is 4.38. The van der Waals surface area contributed by atoms with E-state index >= 15 is 0 Å². The summed E-state index contributed by atoms with van der Waals surface area (Å²) in [7, 11) is 0. The second kappa shape index (κ2) is 3.71. The van der Waals surface area contributed by atoms with Gasteiger partial charge in [-0.05, 0) is 31.2 Å². The number of hydrogen-bond donors (Lipinski definition) is 2. The van der Waals surface area contributed by atoms with Crippen LogP contribution in [0.3, 0.4) is 0 Å². The molecule has 0 amide bonds. The van der Waals surface area contributed by atoms with Crippen LogP contribution in [-0.4, -0.2) is 16.7 Å². The van der Waals surface area contributed by atoms with E-state index in [9.17, 15) is 5.11 Å². The molecule has 1 fully saturated rings. The zero-order chi connectivity index (χ0) is 10.0. The van der Waals surface area contributed by atoms with E-state index in [4.69, 9.17) is 5.73 Å². The Labute approximate surface area is 84.7 Å². The molecule has 1 saturated carbocycles. The summed E-state index contributed by atoms with van der Waals surface area (Å²) in [6.07, 6.45) is 3.31. The molecule has 2 rings (SSSR count). The predicted octanol–water partition coefficient (Wildman–Crippen LogP) is 1.47. The molecule has 0 aliphatic heterocycles. The van der Waals surface area contributed by atoms with Gasteiger partial charge in [-0.25, -0.2) is 0 Å². The van der Waals surface area contributed by atoms with Crippen LogP contribution in [-0.2, 0) is 6.42 Å². The molecule has 0 spiro atoms. The van der Waals surface area contributed by atoms with Gasteiger partial charge >= 0.3 is 0 Å². The highest BCUT2D eigenvalue weighted by Crippen LogP contribution is 2.34. The maximum absolute atomic E-state index is 9.96. The molecule has 76 valence electrons. The third-order valence-corrected chi connectivity index (χ3v) is 3.01. The molecule has 0 saturated heterocycles. The molecule has 1 aliphatic carbocycles. The minimum atomic E-state index is -0.477. The Bertz CT molecular complexity index is 290. The van der Waals surface area contributed by atoms with Crippen LogP contribution in [0.15, 0.2) is 30.3 Å². The summed E-state index contributed by atoms with van der Waals surface area (Å²) in [5.41, 5.74) is 6.48. The molecule has 2 nitrogen and oxygen atoms in total. The Hall–Kier alpha value is -0.860. The topological polar surface area (TPSA) is 46.2 Å². The van der Waals surface area contributed by atoms with Gasteiger partial charge in [0.25, 0.3) is 0 Å². The number of nitrogens with two attached hydrogens (primary N) is 1. The van der Waals surface area contributed by atoms with E-state index in [1.165, 1.54) is 5.56 Å². The van der Waals surface area contributed by atoms with Crippen molar-refractivity contribution >= 4 is 0 Å². The van der Waals surface area contributed by atoms with Gasteiger partial charge in [0.1, 0.15) is 0 Å². The van der Waals surface area contributed by atoms with Gasteiger partial charge in [0.05, 0.1) is 5.60 Å². The van der Waals surface area contributed by atoms with E-state index < -0.39 is 5.60 Å². The Morgan fingerprint density at radius 2 is 1.93 bits per heavy atom. The molecule has 1 aromatic carbocycles. The first-order valence-electron chi connectivity index (χ1n) is 5.20. The first-order valence-corrected chi connectivity index (χ1v) is 5.20. The Morgan fingerprint density at radius 3 is 2.50 bits per heavy atom. The predicted molar refractivity (Wildman–Crippen MR) is 56.9 cm³/mol. The highest BCUT2D eigenvalue weighted by Gasteiger charge is 2.39. The van der Waals surface area contributed by atoms with Crippen LogP contribution < -0.4 is 5.73 Å². The molecule has 1 aliphatic rings. The Balaban J connectivity index is 1.83. The molecule has 1 aromatic rings. The first kappa shape index (κ1) is 9.69. The van der Waals surface area contributed by atoms with Gasteiger partial charge in [-0.15, -0.1) is 0 Å². The maximum atomic E-state index is 9.96. The molecule has 3 N–H and O–H groups in total. The largest absolute Gasteiger partial charge is 0.390 e. The molecular formula is C12H17NO. The van der Waals surface area contributed by atoms with Gasteiger partial charge < -0.3 is 10.8 Å². The fourth-order valence-corrected chi connectivity index (χ4v) is 2.14. The minimum absolute atomic E-state index is 0.218. The van der Waals surface area contributed by atoms with E-state index in [2.05, 4.69) is 12.1 Å². The Morgan fingerprint density at radius 1 is 1.29 bits per heavy atom. The molecule has 0 heterocycles. The lowest BCUT2D eigenvalue weighted by atomic mass is 9.73. The van der Waals surface area contributed by atoms with E-state index in [0.717, 1.165) is 25.7 Å². The lowest BCUT2D eigenvalue weighted by molar-refractivity contribution is -0.0526. The molecule has 0 atom stereocenters. The van der Waals surface area contributed by atoms with Crippen LogP contribution in [0.5, 0.6) is 0 Å². The molecule has 0 bridgehead atoms. The van der Waals surface area contributed by atoms with Crippen molar-refractivity contribution in [2.45, 2.75) is 37.3 Å². The average molecular weight is 191 g/mol. The standard InChI is InChI=1S/C12H17NO/c13-11-8-12(14,9-11)7-6-10-4-2-1-3-5-10/h1-5,11,14H,6-9,13H2. The lowest BCUT2D eigenvalue weighted by Gasteiger charge is -2.42. The van der Waals surface area contributed by atoms with Crippen LogP contribution >= 0.6 is 0 Å². The average Bonchev–Trinajstić information content (AvgIpc) is 2.15. The summed E-state index contributed by atoms with van der Waals surface area (Å²) in [5, 5.41) is 9.96. The van der Waals surface area contributed by atoms with Crippen molar-refractivity contribution in [2.75, 3.05) is 0 Å². The molecule has 0 radical (unpaired) electrons. The van der Waals surface area contributed by atoms with Gasteiger partial charge in [0.15, 0.2) is 0 Å². The normalized spacial score (nSPS) is 31.1. The third-order valence-electron chi connectivity index (χ3n) is 3.01. The van der Waals surface area contributed by atoms with Crippen LogP contribution in [0.1, 0.15) is 24.8 Å². The van der Waals surface area contributed by atoms with Crippen molar-refractivity contribution in [3.05, 3.63) is 35.9 Å². The van der Waals surface area contributed by atoms with Crippen molar-refractivity contribution in [3.8, 4) is 0 Å². The quantitative estimate of drug-likeness (QED) is 0.760. The SMILES string of the molecule is NC1CC(O)(CCc2ccccc2)C1. The third kappa shape index (κ3) is 2.14. The van der Waals surface area contributed by atoms with Crippen molar-refractivity contribution in [1.29, 1.82) is 0 Å². The van der Waals surface area contributed by atoms with Crippen molar-refractivity contribution in [2.24, 2.45) is 5.73 Å². The number of rotatable bonds is 3. The van der Waals surface area contributed by atoms with Crippen LogP contribution in [0, 0.1) is 0 Å². The molecular weight excluding hydrogens is 174 g/mol. The number of benzene rings is 1. The van der Waals surface area contributed by atoms with Crippen LogP contribution in [0.25, 0.3) is 0 Å². The maximum Gasteiger partial charge on any atom is 0.0680 e. The van der Waals surface area contributed by atoms with Gasteiger partial charge in [0, 0.05) is 6.04 Å². The molecule has 0 unspecified atom stereocenters. The van der Waals surface area contributed by atoms with E-state index in [1.54, 1.807) is 0 Å². The lowest BCUT2D eigenvalue weighted by Crippen LogP contribution is -2.51. The van der Waals surface area contributed by atoms with Crippen molar-refractivity contribution in [1.82, 2.24) is 0 Å². The smallest absolute Gasteiger partial charge is 0.0680 e. The zero-order valence-corrected chi connectivity index (χ0v) is 8.32. The van der Waals surface area contributed by atoms with E-state index in [1.807, 2.05) is 18.2 Å². The molecule has 0 aromatic heterocycles. The zero-order valence-electron chi connectivity index (χ0n) is 8.32. The van der Waals surface area contributed by atoms with E-state index in [-0.39, 0.29) is 6.04 Å². The Kier molecular flexibility index (Phi) is 2.57. The van der Waals surface area contributed by atoms with Gasteiger partial charge in [-0.2, -0.15) is 0 Å². The number of aliphatic hydroxyl groups is 1. The summed E-state index contributed by atoms with van der Waals surface area (Å²) >= 11 is 0. The first-order chi connectivity index (χ1) is 6.68. The minimum Gasteiger partial charge on any atom is -0.390 e. The highest BCUT2D eigenvalue weighted by atomic mass is 16.3. The fraction of sp³-hybridized carbons (Fsp3) is 0.500. The summed E-state index contributed by atoms with van der Waals surface area (Å²) < 4.78 is 0. The molecule has 2 heteroatoms. The van der Waals surface area contributed by atoms with E-state index in [0.29, 0.717) is 0 Å². The number of aryl methyl sites for hydroxylation is 1. The van der Waals surface area contributed by atoms with Crippen LogP contribution in [0.4, 0.5) is 0 Å². The van der Waals surface area contributed by atoms with Crippen LogP contribution in [0.2, 0.25) is 0 Å². The van der Waals surface area contributed by atoms with Gasteiger partial charge in [0.2, 0.25) is 0 Å². The van der Waals surface area contributed by atoms with Crippen molar-refractivity contribution < 1.29 is 5.11 Å². The second-order valence-corrected chi connectivity index (χ2v) is 4.38. The summed E-state index contributed by atoms with van der Waals surface area (Å²) in [4.78, 5) is 0. The summed E-state index contributed by atoms with van der Waals surface area (Å²) in [6.45, 7) is 0. The fourth-order valence-electron chi connectivity index (χ4n) is 2.14. The van der Waals surface area contributed by atoms with Crippen molar-refractivity contribution in [3.63, 3.8) is 0 Å². The highest BCUT2D eigenvalue weighted by molar-refractivity contribution is 5.15. The summed E-state index contributed by atoms with van der Waals surface area (Å²) in [5.74, 6) is 0. The van der Waals surface area contributed by atoms with Gasteiger partial charge in [-0.1, -0.05) is 30.3 Å². The summed E-state index contributed by atoms with van der Waals surface area (Å²) in [6, 6.07) is 10.5. The molecule has 14 heavy (non-hydrogen) atoms.